The minimum Gasteiger partial charge on any atom is -0.352 e. The summed E-state index contributed by atoms with van der Waals surface area (Å²) >= 11 is 0. The molecule has 144 valence electrons. The Kier molecular flexibility index (Phi) is 4.29. The fourth-order valence-corrected chi connectivity index (χ4v) is 3.36. The van der Waals surface area contributed by atoms with Crippen LogP contribution in [0.4, 0.5) is 14.9 Å². The molecule has 0 bridgehead atoms. The van der Waals surface area contributed by atoms with E-state index >= 15 is 0 Å². The van der Waals surface area contributed by atoms with E-state index in [9.17, 15) is 9.18 Å². The van der Waals surface area contributed by atoms with Crippen LogP contribution in [0.3, 0.4) is 0 Å². The lowest BCUT2D eigenvalue weighted by atomic mass is 9.82. The first kappa shape index (κ1) is 18.0. The molecule has 0 spiro atoms. The van der Waals surface area contributed by atoms with Crippen LogP contribution in [0.25, 0.3) is 11.6 Å². The standard InChI is InChI=1S/C19H19FN6O2/c1-11-14(20)13(5-8-21-11)24-18(27)26-9-12-15(17-22-6-4-7-23-17)28-25-16(12)19(2,3)10-26/h4-8H,9-10H2,1-3H3,(H,21,24,27). The summed E-state index contributed by atoms with van der Waals surface area (Å²) in [4.78, 5) is 26.7. The van der Waals surface area contributed by atoms with Crippen molar-refractivity contribution in [2.75, 3.05) is 11.9 Å². The summed E-state index contributed by atoms with van der Waals surface area (Å²) < 4.78 is 19.7. The number of nitrogens with zero attached hydrogens (tertiary/aromatic N) is 5. The molecule has 4 rings (SSSR count). The van der Waals surface area contributed by atoms with Crippen LogP contribution in [0.1, 0.15) is 30.8 Å². The number of urea groups is 1. The van der Waals surface area contributed by atoms with Gasteiger partial charge in [-0.3, -0.25) is 4.98 Å². The van der Waals surface area contributed by atoms with E-state index in [0.29, 0.717) is 18.1 Å². The van der Waals surface area contributed by atoms with Crippen LogP contribution in [0, 0.1) is 12.7 Å². The smallest absolute Gasteiger partial charge is 0.322 e. The fraction of sp³-hybridized carbons (Fsp3) is 0.316. The van der Waals surface area contributed by atoms with Crippen molar-refractivity contribution < 1.29 is 13.7 Å². The van der Waals surface area contributed by atoms with E-state index in [2.05, 4.69) is 25.4 Å². The molecule has 28 heavy (non-hydrogen) atoms. The SMILES string of the molecule is Cc1nccc(NC(=O)N2Cc3c(noc3-c3ncccn3)C(C)(C)C2)c1F. The minimum atomic E-state index is -0.545. The highest BCUT2D eigenvalue weighted by Gasteiger charge is 2.39. The number of aromatic nitrogens is 4. The Hall–Kier alpha value is -3.36. The van der Waals surface area contributed by atoms with E-state index < -0.39 is 17.3 Å². The Morgan fingerprint density at radius 3 is 2.75 bits per heavy atom. The summed E-state index contributed by atoms with van der Waals surface area (Å²) in [6.45, 7) is 6.15. The lowest BCUT2D eigenvalue weighted by Crippen LogP contribution is -2.46. The molecule has 0 aromatic carbocycles. The van der Waals surface area contributed by atoms with Gasteiger partial charge in [-0.05, 0) is 19.1 Å². The van der Waals surface area contributed by atoms with Crippen LogP contribution in [-0.2, 0) is 12.0 Å². The van der Waals surface area contributed by atoms with Gasteiger partial charge in [0.25, 0.3) is 0 Å². The van der Waals surface area contributed by atoms with Gasteiger partial charge in [-0.15, -0.1) is 0 Å². The van der Waals surface area contributed by atoms with Gasteiger partial charge in [0.2, 0.25) is 5.76 Å². The number of halogens is 1. The van der Waals surface area contributed by atoms with Gasteiger partial charge in [0.05, 0.1) is 23.6 Å². The third-order valence-corrected chi connectivity index (χ3v) is 4.73. The van der Waals surface area contributed by atoms with Crippen molar-refractivity contribution in [3.63, 3.8) is 0 Å². The van der Waals surface area contributed by atoms with Gasteiger partial charge in [-0.25, -0.2) is 19.2 Å². The Balaban J connectivity index is 1.65. The van der Waals surface area contributed by atoms with E-state index in [1.165, 1.54) is 12.3 Å². The lowest BCUT2D eigenvalue weighted by molar-refractivity contribution is 0.185. The molecule has 0 aliphatic carbocycles. The highest BCUT2D eigenvalue weighted by Crippen LogP contribution is 2.37. The predicted molar refractivity (Wildman–Crippen MR) is 98.9 cm³/mol. The van der Waals surface area contributed by atoms with Crippen LogP contribution >= 0.6 is 0 Å². The number of carbonyl (C=O) groups excluding carboxylic acids is 1. The zero-order chi connectivity index (χ0) is 19.9. The normalized spacial score (nSPS) is 15.2. The number of aryl methyl sites for hydroxylation is 1. The lowest BCUT2D eigenvalue weighted by Gasteiger charge is -2.36. The number of nitrogens with one attached hydrogen (secondary N) is 1. The number of rotatable bonds is 2. The molecule has 0 saturated carbocycles. The maximum absolute atomic E-state index is 14.2. The number of hydrogen-bond acceptors (Lipinski definition) is 6. The molecule has 0 atom stereocenters. The van der Waals surface area contributed by atoms with Gasteiger partial charge in [-0.1, -0.05) is 19.0 Å². The van der Waals surface area contributed by atoms with Gasteiger partial charge in [0.1, 0.15) is 0 Å². The molecule has 2 amide bonds. The second-order valence-electron chi connectivity index (χ2n) is 7.34. The van der Waals surface area contributed by atoms with Gasteiger partial charge in [0, 0.05) is 36.1 Å². The molecule has 9 heteroatoms. The molecule has 3 aromatic rings. The molecule has 4 heterocycles. The van der Waals surface area contributed by atoms with E-state index in [0.717, 1.165) is 11.3 Å². The number of pyridine rings is 1. The molecule has 1 aliphatic heterocycles. The summed E-state index contributed by atoms with van der Waals surface area (Å²) in [6.07, 6.45) is 4.69. The number of hydrogen-bond donors (Lipinski definition) is 1. The second-order valence-corrected chi connectivity index (χ2v) is 7.34. The monoisotopic (exact) mass is 382 g/mol. The molecular weight excluding hydrogens is 363 g/mol. The van der Waals surface area contributed by atoms with Crippen molar-refractivity contribution in [2.24, 2.45) is 0 Å². The number of anilines is 1. The molecule has 8 nitrogen and oxygen atoms in total. The molecule has 0 radical (unpaired) electrons. The minimum absolute atomic E-state index is 0.0954. The van der Waals surface area contributed by atoms with Crippen molar-refractivity contribution >= 4 is 11.7 Å². The highest BCUT2D eigenvalue weighted by atomic mass is 19.1. The predicted octanol–water partition coefficient (Wildman–Crippen LogP) is 3.30. The highest BCUT2D eigenvalue weighted by molar-refractivity contribution is 5.90. The maximum Gasteiger partial charge on any atom is 0.322 e. The molecule has 0 unspecified atom stereocenters. The van der Waals surface area contributed by atoms with Crippen molar-refractivity contribution in [3.05, 3.63) is 53.5 Å². The molecule has 0 fully saturated rings. The van der Waals surface area contributed by atoms with E-state index in [-0.39, 0.29) is 17.9 Å². The maximum atomic E-state index is 14.2. The van der Waals surface area contributed by atoms with Crippen LogP contribution in [0.5, 0.6) is 0 Å². The van der Waals surface area contributed by atoms with Crippen LogP contribution in [0.2, 0.25) is 0 Å². The van der Waals surface area contributed by atoms with Gasteiger partial charge < -0.3 is 14.7 Å². The molecule has 3 aromatic heterocycles. The Bertz CT molecular complexity index is 1030. The number of amides is 2. The first-order valence-corrected chi connectivity index (χ1v) is 8.80. The third-order valence-electron chi connectivity index (χ3n) is 4.73. The zero-order valence-corrected chi connectivity index (χ0v) is 15.7. The van der Waals surface area contributed by atoms with E-state index in [4.69, 9.17) is 4.52 Å². The molecule has 0 saturated heterocycles. The first-order chi connectivity index (χ1) is 13.4. The van der Waals surface area contributed by atoms with Crippen LogP contribution < -0.4 is 5.32 Å². The van der Waals surface area contributed by atoms with Gasteiger partial charge in [-0.2, -0.15) is 0 Å². The average Bonchev–Trinajstić information content (AvgIpc) is 3.11. The largest absolute Gasteiger partial charge is 0.352 e. The number of carbonyl (C=O) groups is 1. The molecule has 1 N–H and O–H groups in total. The van der Waals surface area contributed by atoms with Crippen molar-refractivity contribution in [2.45, 2.75) is 32.7 Å². The summed E-state index contributed by atoms with van der Waals surface area (Å²) in [6, 6.07) is 2.73. The Morgan fingerprint density at radius 1 is 1.25 bits per heavy atom. The van der Waals surface area contributed by atoms with Gasteiger partial charge in [0.15, 0.2) is 11.6 Å². The van der Waals surface area contributed by atoms with Crippen LogP contribution in [0.15, 0.2) is 35.2 Å². The summed E-state index contributed by atoms with van der Waals surface area (Å²) in [5.41, 5.74) is 1.39. The van der Waals surface area contributed by atoms with Crippen molar-refractivity contribution in [1.29, 1.82) is 0 Å². The first-order valence-electron chi connectivity index (χ1n) is 8.80. The number of fused-ring (bicyclic) bond motifs is 1. The average molecular weight is 382 g/mol. The molecular formula is C19H19FN6O2. The van der Waals surface area contributed by atoms with Gasteiger partial charge >= 0.3 is 6.03 Å². The Labute approximate surface area is 160 Å². The topological polar surface area (TPSA) is 97.0 Å². The third kappa shape index (κ3) is 3.08. The Morgan fingerprint density at radius 2 is 2.00 bits per heavy atom. The van der Waals surface area contributed by atoms with Crippen molar-refractivity contribution in [3.8, 4) is 11.6 Å². The van der Waals surface area contributed by atoms with E-state index in [1.807, 2.05) is 13.8 Å². The van der Waals surface area contributed by atoms with E-state index in [1.54, 1.807) is 30.3 Å². The quantitative estimate of drug-likeness (QED) is 0.730. The summed E-state index contributed by atoms with van der Waals surface area (Å²) in [5.74, 6) is 0.299. The van der Waals surface area contributed by atoms with Crippen molar-refractivity contribution in [1.82, 2.24) is 25.0 Å². The zero-order valence-electron chi connectivity index (χ0n) is 15.7. The molecule has 1 aliphatic rings. The second kappa shape index (κ2) is 6.66. The summed E-state index contributed by atoms with van der Waals surface area (Å²) in [5, 5.41) is 6.84. The summed E-state index contributed by atoms with van der Waals surface area (Å²) in [7, 11) is 0. The van der Waals surface area contributed by atoms with Crippen LogP contribution in [-0.4, -0.2) is 37.6 Å². The fourth-order valence-electron chi connectivity index (χ4n) is 3.36.